The Morgan fingerprint density at radius 2 is 2.19 bits per heavy atom. The number of pyridine rings is 1. The summed E-state index contributed by atoms with van der Waals surface area (Å²) in [5, 5.41) is 11.9. The average molecular weight is 218 g/mol. The van der Waals surface area contributed by atoms with E-state index in [1.54, 1.807) is 18.2 Å². The van der Waals surface area contributed by atoms with Crippen molar-refractivity contribution in [3.63, 3.8) is 0 Å². The number of nitrogens with one attached hydrogen (secondary N) is 1. The minimum absolute atomic E-state index is 0.198. The maximum Gasteiger partial charge on any atom is 0.259 e. The van der Waals surface area contributed by atoms with Gasteiger partial charge in [0, 0.05) is 23.6 Å². The largest absolute Gasteiger partial charge is 0.619 e. The highest BCUT2D eigenvalue weighted by Gasteiger charge is 2.11. The third kappa shape index (κ3) is 1.63. The molecule has 0 bridgehead atoms. The lowest BCUT2D eigenvalue weighted by molar-refractivity contribution is -0.350. The van der Waals surface area contributed by atoms with Crippen molar-refractivity contribution in [1.82, 2.24) is 4.98 Å². The third-order valence-corrected chi connectivity index (χ3v) is 2.29. The summed E-state index contributed by atoms with van der Waals surface area (Å²) in [7, 11) is 1.45. The van der Waals surface area contributed by atoms with Crippen molar-refractivity contribution < 1.29 is 9.48 Å². The monoisotopic (exact) mass is 218 g/mol. The van der Waals surface area contributed by atoms with Gasteiger partial charge in [0.2, 0.25) is 5.56 Å². The Kier molecular flexibility index (Phi) is 2.36. The second kappa shape index (κ2) is 3.69. The Labute approximate surface area is 91.2 Å². The van der Waals surface area contributed by atoms with Crippen LogP contribution < -0.4 is 10.3 Å². The molecule has 0 atom stereocenters. The highest BCUT2D eigenvalue weighted by atomic mass is 16.5. The van der Waals surface area contributed by atoms with E-state index < -0.39 is 0 Å². The molecular formula is C11H10N2O3. The maximum absolute atomic E-state index is 11.2. The Hall–Kier alpha value is -2.30. The number of nitrogens with zero attached hydrogens (tertiary/aromatic N) is 1. The van der Waals surface area contributed by atoms with Crippen molar-refractivity contribution >= 4 is 23.3 Å². The molecule has 0 aliphatic carbocycles. The van der Waals surface area contributed by atoms with E-state index in [1.165, 1.54) is 13.2 Å². The maximum atomic E-state index is 11.2. The summed E-state index contributed by atoms with van der Waals surface area (Å²) < 4.78 is 5.53. The van der Waals surface area contributed by atoms with Crippen LogP contribution in [0.25, 0.3) is 10.9 Å². The van der Waals surface area contributed by atoms with Gasteiger partial charge < -0.3 is 14.9 Å². The molecule has 2 rings (SSSR count). The summed E-state index contributed by atoms with van der Waals surface area (Å²) in [4.78, 5) is 13.8. The van der Waals surface area contributed by atoms with E-state index in [0.717, 1.165) is 5.39 Å². The molecule has 1 aromatic heterocycles. The van der Waals surface area contributed by atoms with Gasteiger partial charge >= 0.3 is 0 Å². The van der Waals surface area contributed by atoms with E-state index in [9.17, 15) is 10.0 Å². The van der Waals surface area contributed by atoms with Gasteiger partial charge in [0.1, 0.15) is 6.72 Å². The Balaban J connectivity index is 2.80. The molecule has 0 aliphatic heterocycles. The molecule has 0 unspecified atom stereocenters. The number of aromatic nitrogens is 1. The second-order valence-electron chi connectivity index (χ2n) is 3.31. The van der Waals surface area contributed by atoms with Gasteiger partial charge in [-0.1, -0.05) is 0 Å². The fourth-order valence-corrected chi connectivity index (χ4v) is 1.53. The van der Waals surface area contributed by atoms with E-state index in [1.807, 2.05) is 0 Å². The first-order valence-electron chi connectivity index (χ1n) is 4.60. The summed E-state index contributed by atoms with van der Waals surface area (Å²) in [6, 6.07) is 6.25. The molecule has 1 heterocycles. The lowest BCUT2D eigenvalue weighted by Gasteiger charge is -2.07. The zero-order valence-corrected chi connectivity index (χ0v) is 8.69. The van der Waals surface area contributed by atoms with Crippen LogP contribution in [0.3, 0.4) is 0 Å². The molecule has 82 valence electrons. The lowest BCUT2D eigenvalue weighted by atomic mass is 10.2. The number of ether oxygens (including phenoxy) is 1. The van der Waals surface area contributed by atoms with Crippen LogP contribution in [0.1, 0.15) is 0 Å². The molecule has 1 aromatic carbocycles. The topological polar surface area (TPSA) is 68.2 Å². The van der Waals surface area contributed by atoms with Crippen LogP contribution in [0.2, 0.25) is 0 Å². The van der Waals surface area contributed by atoms with Gasteiger partial charge in [-0.15, -0.1) is 0 Å². The Bertz CT molecular complexity index is 616. The summed E-state index contributed by atoms with van der Waals surface area (Å²) in [6.07, 6.45) is 0. The molecule has 0 radical (unpaired) electrons. The number of hydrogen-bond donors (Lipinski definition) is 1. The van der Waals surface area contributed by atoms with E-state index in [0.29, 0.717) is 21.7 Å². The predicted octanol–water partition coefficient (Wildman–Crippen LogP) is 1.38. The molecule has 5 nitrogen and oxygen atoms in total. The fraction of sp³-hybridized carbons (Fsp3) is 0.0909. The fourth-order valence-electron chi connectivity index (χ4n) is 1.53. The highest BCUT2D eigenvalue weighted by Crippen LogP contribution is 2.30. The molecule has 0 fully saturated rings. The summed E-state index contributed by atoms with van der Waals surface area (Å²) in [6.45, 7) is 3.27. The first-order valence-corrected chi connectivity index (χ1v) is 4.60. The van der Waals surface area contributed by atoms with E-state index in [-0.39, 0.29) is 5.56 Å². The number of benzene rings is 1. The standard InChI is InChI=1S/C11H10N2O3/c1-13(15)9-5-7-3-4-11(14)12-8(7)6-10(9)16-2/h3-6H,1H2,2H3,(H,12,14). The third-order valence-electron chi connectivity index (χ3n) is 2.29. The zero-order chi connectivity index (χ0) is 11.7. The van der Waals surface area contributed by atoms with Gasteiger partial charge in [0.15, 0.2) is 5.75 Å². The minimum Gasteiger partial charge on any atom is -0.619 e. The van der Waals surface area contributed by atoms with Crippen LogP contribution in [-0.4, -0.2) is 23.6 Å². The quantitative estimate of drug-likeness (QED) is 0.358. The van der Waals surface area contributed by atoms with Crippen LogP contribution in [0, 0.1) is 5.21 Å². The van der Waals surface area contributed by atoms with Gasteiger partial charge in [-0.25, -0.2) is 0 Å². The molecule has 0 spiro atoms. The van der Waals surface area contributed by atoms with Crippen molar-refractivity contribution in [2.45, 2.75) is 0 Å². The molecule has 0 saturated carbocycles. The average Bonchev–Trinajstić information content (AvgIpc) is 2.26. The van der Waals surface area contributed by atoms with Gasteiger partial charge in [0.25, 0.3) is 5.69 Å². The molecule has 0 saturated heterocycles. The molecular weight excluding hydrogens is 208 g/mol. The van der Waals surface area contributed by atoms with Crippen molar-refractivity contribution in [3.8, 4) is 5.75 Å². The van der Waals surface area contributed by atoms with Crippen molar-refractivity contribution in [3.05, 3.63) is 39.8 Å². The Morgan fingerprint density at radius 1 is 1.44 bits per heavy atom. The number of rotatable bonds is 2. The normalized spacial score (nSPS) is 10.3. The molecule has 0 aliphatic rings. The van der Waals surface area contributed by atoms with E-state index >= 15 is 0 Å². The summed E-state index contributed by atoms with van der Waals surface area (Å²) >= 11 is 0. The van der Waals surface area contributed by atoms with Crippen molar-refractivity contribution in [2.75, 3.05) is 7.11 Å². The van der Waals surface area contributed by atoms with E-state index in [2.05, 4.69) is 11.7 Å². The smallest absolute Gasteiger partial charge is 0.259 e. The molecule has 2 aromatic rings. The van der Waals surface area contributed by atoms with Crippen LogP contribution >= 0.6 is 0 Å². The number of aromatic amines is 1. The lowest BCUT2D eigenvalue weighted by Crippen LogP contribution is -2.03. The molecule has 0 amide bonds. The molecule has 5 heteroatoms. The number of hydrogen-bond acceptors (Lipinski definition) is 3. The van der Waals surface area contributed by atoms with Gasteiger partial charge in [-0.3, -0.25) is 4.79 Å². The Morgan fingerprint density at radius 3 is 2.81 bits per heavy atom. The summed E-state index contributed by atoms with van der Waals surface area (Å²) in [5.74, 6) is 0.374. The van der Waals surface area contributed by atoms with E-state index in [4.69, 9.17) is 4.74 Å². The van der Waals surface area contributed by atoms with Crippen molar-refractivity contribution in [1.29, 1.82) is 0 Å². The molecule has 1 N–H and O–H groups in total. The van der Waals surface area contributed by atoms with Crippen LogP contribution in [0.4, 0.5) is 5.69 Å². The number of fused-ring (bicyclic) bond motifs is 1. The van der Waals surface area contributed by atoms with Gasteiger partial charge in [0.05, 0.1) is 12.6 Å². The second-order valence-corrected chi connectivity index (χ2v) is 3.31. The minimum atomic E-state index is -0.198. The van der Waals surface area contributed by atoms with Crippen LogP contribution in [0.15, 0.2) is 29.1 Å². The first kappa shape index (κ1) is 10.2. The SMILES string of the molecule is C=[N+]([O-])c1cc2ccc(=O)[nH]c2cc1OC. The number of H-pyrrole nitrogens is 1. The highest BCUT2D eigenvalue weighted by molar-refractivity contribution is 5.83. The van der Waals surface area contributed by atoms with Gasteiger partial charge in [-0.2, -0.15) is 4.74 Å². The van der Waals surface area contributed by atoms with Crippen molar-refractivity contribution in [2.24, 2.45) is 0 Å². The molecule has 16 heavy (non-hydrogen) atoms. The number of methoxy groups -OCH3 is 1. The summed E-state index contributed by atoms with van der Waals surface area (Å²) in [5.41, 5.74) is 0.743. The predicted molar refractivity (Wildman–Crippen MR) is 61.5 cm³/mol. The zero-order valence-electron chi connectivity index (χ0n) is 8.69. The van der Waals surface area contributed by atoms with Gasteiger partial charge in [-0.05, 0) is 6.07 Å². The first-order chi connectivity index (χ1) is 7.61. The van der Waals surface area contributed by atoms with Crippen LogP contribution in [-0.2, 0) is 0 Å². The van der Waals surface area contributed by atoms with Crippen LogP contribution in [0.5, 0.6) is 5.75 Å².